The molecule has 102 valence electrons. The standard InChI is InChI=1S/C15H20N2O2/c1-5-19-13-7-6-11(8-10(13)2)12-9-16-14(17-12)15(3,4)18/h6-9,18H,5H2,1-4H3,(H,16,17). The lowest BCUT2D eigenvalue weighted by molar-refractivity contribution is 0.0697. The van der Waals surface area contributed by atoms with E-state index in [1.807, 2.05) is 32.0 Å². The van der Waals surface area contributed by atoms with Crippen molar-refractivity contribution in [3.63, 3.8) is 0 Å². The van der Waals surface area contributed by atoms with Crippen molar-refractivity contribution in [3.05, 3.63) is 35.8 Å². The fraction of sp³-hybridized carbons (Fsp3) is 0.400. The second-order valence-electron chi connectivity index (χ2n) is 5.12. The van der Waals surface area contributed by atoms with E-state index in [-0.39, 0.29) is 0 Å². The van der Waals surface area contributed by atoms with Crippen LogP contribution in [0.5, 0.6) is 5.75 Å². The molecule has 2 aromatic rings. The molecule has 0 radical (unpaired) electrons. The van der Waals surface area contributed by atoms with Gasteiger partial charge in [0.25, 0.3) is 0 Å². The summed E-state index contributed by atoms with van der Waals surface area (Å²) in [5.41, 5.74) is 2.05. The number of H-pyrrole nitrogens is 1. The highest BCUT2D eigenvalue weighted by Crippen LogP contribution is 2.26. The number of benzene rings is 1. The molecule has 2 N–H and O–H groups in total. The maximum atomic E-state index is 9.90. The third kappa shape index (κ3) is 2.96. The van der Waals surface area contributed by atoms with Gasteiger partial charge in [0.2, 0.25) is 0 Å². The Morgan fingerprint density at radius 2 is 2.11 bits per heavy atom. The van der Waals surface area contributed by atoms with Gasteiger partial charge in [-0.25, -0.2) is 4.98 Å². The second kappa shape index (κ2) is 5.05. The molecule has 19 heavy (non-hydrogen) atoms. The lowest BCUT2D eigenvalue weighted by Crippen LogP contribution is -2.17. The molecular weight excluding hydrogens is 240 g/mol. The fourth-order valence-electron chi connectivity index (χ4n) is 1.91. The van der Waals surface area contributed by atoms with Crippen LogP contribution in [0.1, 0.15) is 32.2 Å². The first-order chi connectivity index (χ1) is 8.91. The minimum atomic E-state index is -0.960. The van der Waals surface area contributed by atoms with Gasteiger partial charge < -0.3 is 14.8 Å². The molecule has 0 amide bonds. The fourth-order valence-corrected chi connectivity index (χ4v) is 1.91. The van der Waals surface area contributed by atoms with Crippen LogP contribution in [-0.4, -0.2) is 21.7 Å². The Kier molecular flexibility index (Phi) is 3.62. The Bertz CT molecular complexity index is 568. The summed E-state index contributed by atoms with van der Waals surface area (Å²) in [7, 11) is 0. The van der Waals surface area contributed by atoms with Gasteiger partial charge in [0.1, 0.15) is 17.2 Å². The van der Waals surface area contributed by atoms with Gasteiger partial charge in [0.15, 0.2) is 0 Å². The first-order valence-electron chi connectivity index (χ1n) is 6.43. The highest BCUT2D eigenvalue weighted by Gasteiger charge is 2.20. The third-order valence-electron chi connectivity index (χ3n) is 2.94. The third-order valence-corrected chi connectivity index (χ3v) is 2.94. The zero-order valence-electron chi connectivity index (χ0n) is 11.8. The van der Waals surface area contributed by atoms with Crippen molar-refractivity contribution in [2.75, 3.05) is 6.61 Å². The minimum absolute atomic E-state index is 0.564. The predicted molar refractivity (Wildman–Crippen MR) is 75.2 cm³/mol. The summed E-state index contributed by atoms with van der Waals surface area (Å²) >= 11 is 0. The summed E-state index contributed by atoms with van der Waals surface area (Å²) in [5, 5.41) is 9.90. The van der Waals surface area contributed by atoms with Crippen molar-refractivity contribution < 1.29 is 9.84 Å². The average molecular weight is 260 g/mol. The molecule has 0 spiro atoms. The molecule has 0 saturated carbocycles. The van der Waals surface area contributed by atoms with Crippen molar-refractivity contribution in [2.45, 2.75) is 33.3 Å². The van der Waals surface area contributed by atoms with Crippen molar-refractivity contribution >= 4 is 0 Å². The van der Waals surface area contributed by atoms with Gasteiger partial charge in [-0.2, -0.15) is 0 Å². The minimum Gasteiger partial charge on any atom is -0.494 e. The van der Waals surface area contributed by atoms with E-state index in [0.717, 1.165) is 22.6 Å². The Morgan fingerprint density at radius 3 is 2.63 bits per heavy atom. The van der Waals surface area contributed by atoms with Gasteiger partial charge in [-0.15, -0.1) is 0 Å². The number of hydrogen-bond acceptors (Lipinski definition) is 3. The number of ether oxygens (including phenoxy) is 1. The summed E-state index contributed by atoms with van der Waals surface area (Å²) < 4.78 is 5.52. The van der Waals surface area contributed by atoms with Crippen LogP contribution < -0.4 is 4.74 Å². The van der Waals surface area contributed by atoms with Gasteiger partial charge in [0.05, 0.1) is 18.5 Å². The smallest absolute Gasteiger partial charge is 0.138 e. The Hall–Kier alpha value is -1.81. The van der Waals surface area contributed by atoms with E-state index in [9.17, 15) is 5.11 Å². The molecule has 0 unspecified atom stereocenters. The number of nitrogens with zero attached hydrogens (tertiary/aromatic N) is 1. The van der Waals surface area contributed by atoms with Gasteiger partial charge in [-0.05, 0) is 51.5 Å². The van der Waals surface area contributed by atoms with Crippen LogP contribution in [0.15, 0.2) is 24.4 Å². The molecule has 0 aliphatic rings. The number of aryl methyl sites for hydroxylation is 1. The van der Waals surface area contributed by atoms with Crippen molar-refractivity contribution in [3.8, 4) is 17.0 Å². The summed E-state index contributed by atoms with van der Waals surface area (Å²) in [4.78, 5) is 7.36. The predicted octanol–water partition coefficient (Wildman–Crippen LogP) is 3.01. The van der Waals surface area contributed by atoms with Crippen LogP contribution in [0, 0.1) is 6.92 Å². The van der Waals surface area contributed by atoms with E-state index in [1.54, 1.807) is 20.0 Å². The van der Waals surface area contributed by atoms with Crippen LogP contribution in [0.4, 0.5) is 0 Å². The average Bonchev–Trinajstić information content (AvgIpc) is 2.81. The highest BCUT2D eigenvalue weighted by atomic mass is 16.5. The first-order valence-corrected chi connectivity index (χ1v) is 6.43. The molecule has 1 heterocycles. The van der Waals surface area contributed by atoms with Gasteiger partial charge in [0, 0.05) is 5.56 Å². The summed E-state index contributed by atoms with van der Waals surface area (Å²) in [5.74, 6) is 1.46. The number of hydrogen-bond donors (Lipinski definition) is 2. The van der Waals surface area contributed by atoms with E-state index in [4.69, 9.17) is 4.74 Å². The maximum Gasteiger partial charge on any atom is 0.138 e. The van der Waals surface area contributed by atoms with E-state index >= 15 is 0 Å². The number of aromatic amines is 1. The first kappa shape index (κ1) is 13.6. The Balaban J connectivity index is 2.32. The number of aliphatic hydroxyl groups is 1. The van der Waals surface area contributed by atoms with E-state index < -0.39 is 5.60 Å². The van der Waals surface area contributed by atoms with Crippen molar-refractivity contribution in [1.82, 2.24) is 9.97 Å². The lowest BCUT2D eigenvalue weighted by atomic mass is 10.1. The lowest BCUT2D eigenvalue weighted by Gasteiger charge is -2.13. The maximum absolute atomic E-state index is 9.90. The van der Waals surface area contributed by atoms with Crippen molar-refractivity contribution in [1.29, 1.82) is 0 Å². The summed E-state index contributed by atoms with van der Waals surface area (Å²) in [6.07, 6.45) is 1.74. The topological polar surface area (TPSA) is 58.1 Å². The monoisotopic (exact) mass is 260 g/mol. The molecule has 4 heteroatoms. The summed E-state index contributed by atoms with van der Waals surface area (Å²) in [6, 6.07) is 5.99. The zero-order chi connectivity index (χ0) is 14.0. The SMILES string of the molecule is CCOc1ccc(-c2cnc(C(C)(C)O)[nH]2)cc1C. The number of rotatable bonds is 4. The van der Waals surface area contributed by atoms with Gasteiger partial charge >= 0.3 is 0 Å². The van der Waals surface area contributed by atoms with Crippen molar-refractivity contribution in [2.24, 2.45) is 0 Å². The molecule has 2 rings (SSSR count). The second-order valence-corrected chi connectivity index (χ2v) is 5.12. The highest BCUT2D eigenvalue weighted by molar-refractivity contribution is 5.61. The molecule has 4 nitrogen and oxygen atoms in total. The number of aromatic nitrogens is 2. The Labute approximate surface area is 113 Å². The molecule has 0 aliphatic heterocycles. The molecule has 1 aromatic heterocycles. The van der Waals surface area contributed by atoms with Crippen LogP contribution in [0.2, 0.25) is 0 Å². The molecule has 0 bridgehead atoms. The van der Waals surface area contributed by atoms with E-state index in [1.165, 1.54) is 0 Å². The van der Waals surface area contributed by atoms with Crippen LogP contribution >= 0.6 is 0 Å². The van der Waals surface area contributed by atoms with Gasteiger partial charge in [-0.1, -0.05) is 0 Å². The number of nitrogens with one attached hydrogen (secondary N) is 1. The summed E-state index contributed by atoms with van der Waals surface area (Å²) in [6.45, 7) is 8.06. The molecule has 0 saturated heterocycles. The van der Waals surface area contributed by atoms with Gasteiger partial charge in [-0.3, -0.25) is 0 Å². The van der Waals surface area contributed by atoms with E-state index in [0.29, 0.717) is 12.4 Å². The molecule has 0 aliphatic carbocycles. The largest absolute Gasteiger partial charge is 0.494 e. The molecule has 0 atom stereocenters. The Morgan fingerprint density at radius 1 is 1.37 bits per heavy atom. The molecule has 1 aromatic carbocycles. The quantitative estimate of drug-likeness (QED) is 0.888. The van der Waals surface area contributed by atoms with E-state index in [2.05, 4.69) is 9.97 Å². The van der Waals surface area contributed by atoms with Crippen LogP contribution in [0.25, 0.3) is 11.3 Å². The number of imidazole rings is 1. The normalized spacial score (nSPS) is 11.6. The van der Waals surface area contributed by atoms with Crippen LogP contribution in [0.3, 0.4) is 0 Å². The van der Waals surface area contributed by atoms with Crippen LogP contribution in [-0.2, 0) is 5.60 Å². The zero-order valence-corrected chi connectivity index (χ0v) is 11.8. The molecular formula is C15H20N2O2. The molecule has 0 fully saturated rings.